The average molecular weight is 735 g/mol. The first kappa shape index (κ1) is 50.6. The van der Waals surface area contributed by atoms with Gasteiger partial charge >= 0.3 is 11.9 Å². The van der Waals surface area contributed by atoms with Crippen molar-refractivity contribution >= 4 is 11.9 Å². The molecule has 0 spiro atoms. The molecule has 0 N–H and O–H groups in total. The van der Waals surface area contributed by atoms with Crippen molar-refractivity contribution in [3.05, 3.63) is 12.2 Å². The van der Waals surface area contributed by atoms with E-state index in [2.05, 4.69) is 32.9 Å². The summed E-state index contributed by atoms with van der Waals surface area (Å²) in [6.07, 6.45) is 47.8. The van der Waals surface area contributed by atoms with Gasteiger partial charge in [-0.15, -0.1) is 0 Å². The van der Waals surface area contributed by atoms with Crippen molar-refractivity contribution in [2.45, 2.75) is 258 Å². The number of hydrogen-bond acceptors (Lipinski definition) is 5. The maximum atomic E-state index is 12.7. The highest BCUT2D eigenvalue weighted by molar-refractivity contribution is 5.70. The molecule has 1 unspecified atom stereocenters. The fraction of sp³-hybridized carbons (Fsp3) is 0.915. The molecule has 0 aromatic rings. The second-order valence-electron chi connectivity index (χ2n) is 15.7. The molecule has 5 heteroatoms. The Hall–Kier alpha value is -1.36. The monoisotopic (exact) mass is 735 g/mol. The molecule has 0 bridgehead atoms. The van der Waals surface area contributed by atoms with Crippen LogP contribution in [0.3, 0.4) is 0 Å². The zero-order valence-electron chi connectivity index (χ0n) is 35.4. The van der Waals surface area contributed by atoms with Crippen LogP contribution in [0.25, 0.3) is 0 Å². The Morgan fingerprint density at radius 1 is 0.404 bits per heavy atom. The summed E-state index contributed by atoms with van der Waals surface area (Å²) in [4.78, 5) is 25.1. The van der Waals surface area contributed by atoms with Gasteiger partial charge in [-0.3, -0.25) is 9.59 Å². The largest absolute Gasteiger partial charge is 0.462 e. The van der Waals surface area contributed by atoms with Crippen LogP contribution in [0, 0.1) is 0 Å². The molecule has 5 nitrogen and oxygen atoms in total. The summed E-state index contributed by atoms with van der Waals surface area (Å²) in [5.74, 6) is -0.389. The van der Waals surface area contributed by atoms with Gasteiger partial charge in [-0.25, -0.2) is 0 Å². The Bertz CT molecular complexity index is 750. The van der Waals surface area contributed by atoms with Crippen molar-refractivity contribution in [1.82, 2.24) is 0 Å². The lowest BCUT2D eigenvalue weighted by atomic mass is 10.1. The SMILES string of the molecule is CCCCCCCC/C=C\CCCCCCCCOCC(COC(=O)CCCCCCCCCCCCC)OC(=O)CCCCCCCCCCC. The summed E-state index contributed by atoms with van der Waals surface area (Å²) in [5, 5.41) is 0. The van der Waals surface area contributed by atoms with Gasteiger partial charge in [0.15, 0.2) is 6.10 Å². The van der Waals surface area contributed by atoms with Gasteiger partial charge in [-0.2, -0.15) is 0 Å². The van der Waals surface area contributed by atoms with E-state index in [0.717, 1.165) is 38.5 Å². The number of esters is 2. The highest BCUT2D eigenvalue weighted by atomic mass is 16.6. The molecule has 0 rings (SSSR count). The molecule has 0 amide bonds. The van der Waals surface area contributed by atoms with E-state index >= 15 is 0 Å². The third-order valence-corrected chi connectivity index (χ3v) is 10.3. The molecule has 0 aliphatic heterocycles. The maximum Gasteiger partial charge on any atom is 0.306 e. The molecule has 0 fully saturated rings. The predicted molar refractivity (Wildman–Crippen MR) is 224 cm³/mol. The number of carbonyl (C=O) groups is 2. The van der Waals surface area contributed by atoms with E-state index in [-0.39, 0.29) is 18.5 Å². The lowest BCUT2D eigenvalue weighted by Crippen LogP contribution is -2.30. The molecule has 0 aromatic carbocycles. The molecular formula is C47H90O5. The highest BCUT2D eigenvalue weighted by Gasteiger charge is 2.17. The van der Waals surface area contributed by atoms with Gasteiger partial charge in [0, 0.05) is 19.4 Å². The predicted octanol–water partition coefficient (Wildman–Crippen LogP) is 15.1. The van der Waals surface area contributed by atoms with Gasteiger partial charge < -0.3 is 14.2 Å². The lowest BCUT2D eigenvalue weighted by molar-refractivity contribution is -0.163. The Kier molecular flexibility index (Phi) is 42.9. The topological polar surface area (TPSA) is 61.8 Å². The van der Waals surface area contributed by atoms with E-state index in [1.807, 2.05) is 0 Å². The second-order valence-corrected chi connectivity index (χ2v) is 15.7. The summed E-state index contributed by atoms with van der Waals surface area (Å²) in [5.41, 5.74) is 0. The summed E-state index contributed by atoms with van der Waals surface area (Å²) >= 11 is 0. The van der Waals surface area contributed by atoms with E-state index in [4.69, 9.17) is 14.2 Å². The maximum absolute atomic E-state index is 12.7. The minimum Gasteiger partial charge on any atom is -0.462 e. The third kappa shape index (κ3) is 41.4. The fourth-order valence-electron chi connectivity index (χ4n) is 6.80. The van der Waals surface area contributed by atoms with Crippen LogP contribution < -0.4 is 0 Å². The number of hydrogen-bond donors (Lipinski definition) is 0. The molecule has 0 aliphatic carbocycles. The van der Waals surface area contributed by atoms with Crippen molar-refractivity contribution in [1.29, 1.82) is 0 Å². The van der Waals surface area contributed by atoms with Crippen LogP contribution in [0.4, 0.5) is 0 Å². The van der Waals surface area contributed by atoms with Crippen LogP contribution in [0.5, 0.6) is 0 Å². The summed E-state index contributed by atoms with van der Waals surface area (Å²) < 4.78 is 17.3. The molecule has 308 valence electrons. The van der Waals surface area contributed by atoms with Crippen molar-refractivity contribution in [3.63, 3.8) is 0 Å². The second kappa shape index (κ2) is 44.0. The van der Waals surface area contributed by atoms with E-state index in [9.17, 15) is 9.59 Å². The van der Waals surface area contributed by atoms with Gasteiger partial charge in [0.2, 0.25) is 0 Å². The summed E-state index contributed by atoms with van der Waals surface area (Å²) in [6, 6.07) is 0. The van der Waals surface area contributed by atoms with Crippen molar-refractivity contribution < 1.29 is 23.8 Å². The quantitative estimate of drug-likeness (QED) is 0.0355. The van der Waals surface area contributed by atoms with E-state index in [0.29, 0.717) is 26.1 Å². The Morgan fingerprint density at radius 2 is 0.750 bits per heavy atom. The van der Waals surface area contributed by atoms with E-state index in [1.165, 1.54) is 180 Å². The van der Waals surface area contributed by atoms with Crippen molar-refractivity contribution in [3.8, 4) is 0 Å². The van der Waals surface area contributed by atoms with Crippen LogP contribution in [0.2, 0.25) is 0 Å². The summed E-state index contributed by atoms with van der Waals surface area (Å²) in [6.45, 7) is 7.82. The van der Waals surface area contributed by atoms with Crippen LogP contribution in [-0.2, 0) is 23.8 Å². The van der Waals surface area contributed by atoms with E-state index in [1.54, 1.807) is 0 Å². The highest BCUT2D eigenvalue weighted by Crippen LogP contribution is 2.15. The normalized spacial score (nSPS) is 12.1. The Balaban J connectivity index is 4.17. The average Bonchev–Trinajstić information content (AvgIpc) is 3.14. The first-order valence-electron chi connectivity index (χ1n) is 23.2. The summed E-state index contributed by atoms with van der Waals surface area (Å²) in [7, 11) is 0. The van der Waals surface area contributed by atoms with E-state index < -0.39 is 6.10 Å². The first-order valence-corrected chi connectivity index (χ1v) is 23.2. The zero-order valence-corrected chi connectivity index (χ0v) is 35.4. The van der Waals surface area contributed by atoms with Gasteiger partial charge in [-0.1, -0.05) is 206 Å². The van der Waals surface area contributed by atoms with Gasteiger partial charge in [0.1, 0.15) is 6.61 Å². The van der Waals surface area contributed by atoms with Gasteiger partial charge in [0.25, 0.3) is 0 Å². The standard InChI is InChI=1S/C47H90O5/c1-4-7-10-13-16-19-21-22-23-24-25-27-30-33-36-39-42-50-43-45(52-47(49)41-38-35-32-28-18-15-12-9-6-3)44-51-46(48)40-37-34-31-29-26-20-17-14-11-8-5-2/h22-23,45H,4-21,24-44H2,1-3H3/b23-22-. The molecule has 0 radical (unpaired) electrons. The smallest absolute Gasteiger partial charge is 0.306 e. The van der Waals surface area contributed by atoms with Gasteiger partial charge in [0.05, 0.1) is 6.61 Å². The minimum absolute atomic E-state index is 0.0910. The number of unbranched alkanes of at least 4 members (excludes halogenated alkanes) is 30. The van der Waals surface area contributed by atoms with Crippen LogP contribution >= 0.6 is 0 Å². The molecule has 1 atom stereocenters. The van der Waals surface area contributed by atoms with Crippen LogP contribution in [0.15, 0.2) is 12.2 Å². The van der Waals surface area contributed by atoms with Crippen LogP contribution in [-0.4, -0.2) is 37.9 Å². The Morgan fingerprint density at radius 3 is 1.17 bits per heavy atom. The van der Waals surface area contributed by atoms with Crippen molar-refractivity contribution in [2.24, 2.45) is 0 Å². The molecule has 0 saturated heterocycles. The number of ether oxygens (including phenoxy) is 3. The number of allylic oxidation sites excluding steroid dienone is 2. The minimum atomic E-state index is -0.526. The molecule has 52 heavy (non-hydrogen) atoms. The molecule has 0 aliphatic rings. The lowest BCUT2D eigenvalue weighted by Gasteiger charge is -2.18. The fourth-order valence-corrected chi connectivity index (χ4v) is 6.80. The number of carbonyl (C=O) groups excluding carboxylic acids is 2. The van der Waals surface area contributed by atoms with Gasteiger partial charge in [-0.05, 0) is 44.9 Å². The zero-order chi connectivity index (χ0) is 37.8. The van der Waals surface area contributed by atoms with Crippen molar-refractivity contribution in [2.75, 3.05) is 19.8 Å². The third-order valence-electron chi connectivity index (χ3n) is 10.3. The molecule has 0 heterocycles. The first-order chi connectivity index (χ1) is 25.6. The number of rotatable bonds is 43. The molecular weight excluding hydrogens is 645 g/mol. The van der Waals surface area contributed by atoms with Crippen LogP contribution in [0.1, 0.15) is 252 Å². The molecule has 0 aromatic heterocycles. The Labute approximate surface area is 325 Å². The molecule has 0 saturated carbocycles.